The van der Waals surface area contributed by atoms with Crippen molar-refractivity contribution in [2.75, 3.05) is 6.61 Å². The van der Waals surface area contributed by atoms with Gasteiger partial charge in [-0.1, -0.05) is 6.07 Å². The van der Waals surface area contributed by atoms with Crippen LogP contribution in [0.1, 0.15) is 11.1 Å². The first-order chi connectivity index (χ1) is 11.4. The largest absolute Gasteiger partial charge is 0.491 e. The molecule has 0 aliphatic rings. The lowest BCUT2D eigenvalue weighted by Gasteiger charge is -2.14. The van der Waals surface area contributed by atoms with Gasteiger partial charge in [-0.2, -0.15) is 10.2 Å². The molecule has 1 aromatic carbocycles. The van der Waals surface area contributed by atoms with Crippen LogP contribution in [-0.4, -0.2) is 37.4 Å². The fraction of sp³-hybridized carbons (Fsp3) is 0.353. The molecule has 0 saturated heterocycles. The van der Waals surface area contributed by atoms with Gasteiger partial charge in [0.05, 0.1) is 18.9 Å². The van der Waals surface area contributed by atoms with E-state index in [4.69, 9.17) is 4.74 Å². The highest BCUT2D eigenvalue weighted by atomic mass is 16.5. The number of rotatable bonds is 5. The Hall–Kier alpha value is -2.67. The van der Waals surface area contributed by atoms with Gasteiger partial charge in [0, 0.05) is 12.4 Å². The van der Waals surface area contributed by atoms with Crippen molar-refractivity contribution in [3.63, 3.8) is 0 Å². The average Bonchev–Trinajstić information content (AvgIpc) is 2.91. The Morgan fingerprint density at radius 3 is 2.54 bits per heavy atom. The Morgan fingerprint density at radius 1 is 1.17 bits per heavy atom. The predicted octanol–water partition coefficient (Wildman–Crippen LogP) is 1.19. The zero-order valence-electron chi connectivity index (χ0n) is 13.9. The smallest absolute Gasteiger partial charge is 0.292 e. The molecular formula is C17H20N4O3. The van der Waals surface area contributed by atoms with Crippen LogP contribution in [0.15, 0.2) is 35.4 Å². The maximum Gasteiger partial charge on any atom is 0.292 e. The van der Waals surface area contributed by atoms with E-state index < -0.39 is 6.10 Å². The highest BCUT2D eigenvalue weighted by Gasteiger charge is 2.13. The normalized spacial score (nSPS) is 12.5. The summed E-state index contributed by atoms with van der Waals surface area (Å²) in [6.45, 7) is 4.29. The van der Waals surface area contributed by atoms with E-state index in [-0.39, 0.29) is 18.7 Å². The minimum Gasteiger partial charge on any atom is -0.491 e. The molecule has 3 aromatic rings. The molecule has 2 aromatic heterocycles. The molecule has 0 aliphatic carbocycles. The van der Waals surface area contributed by atoms with Gasteiger partial charge in [0.1, 0.15) is 24.0 Å². The lowest BCUT2D eigenvalue weighted by Crippen LogP contribution is -2.27. The number of aliphatic hydroxyl groups excluding tert-OH is 1. The van der Waals surface area contributed by atoms with Gasteiger partial charge in [-0.15, -0.1) is 0 Å². The molecule has 3 rings (SSSR count). The average molecular weight is 328 g/mol. The topological polar surface area (TPSA) is 82.2 Å². The van der Waals surface area contributed by atoms with Crippen LogP contribution in [0, 0.1) is 13.8 Å². The number of aliphatic hydroxyl groups is 1. The molecule has 2 heterocycles. The fourth-order valence-corrected chi connectivity index (χ4v) is 2.68. The van der Waals surface area contributed by atoms with Crippen LogP contribution in [0.25, 0.3) is 10.9 Å². The first kappa shape index (κ1) is 16.2. The molecule has 0 aliphatic heterocycles. The summed E-state index contributed by atoms with van der Waals surface area (Å²) in [6, 6.07) is 5.90. The van der Waals surface area contributed by atoms with E-state index in [1.165, 1.54) is 9.36 Å². The summed E-state index contributed by atoms with van der Waals surface area (Å²) in [5.41, 5.74) is 2.40. The number of fused-ring (bicyclic) bond motifs is 1. The molecule has 0 saturated carbocycles. The Bertz CT molecular complexity index is 909. The molecule has 0 bridgehead atoms. The van der Waals surface area contributed by atoms with Crippen molar-refractivity contribution in [3.05, 3.63) is 52.1 Å². The van der Waals surface area contributed by atoms with Crippen molar-refractivity contribution < 1.29 is 9.84 Å². The van der Waals surface area contributed by atoms with Crippen LogP contribution >= 0.6 is 0 Å². The maximum absolute atomic E-state index is 12.2. The standard InChI is InChI=1S/C17H20N4O3/c1-11-4-12(2)6-15(5-11)24-10-14(22)9-21-16-13(8-19-21)7-18-20(3)17(16)23/h4-8,14,22H,9-10H2,1-3H3. The lowest BCUT2D eigenvalue weighted by molar-refractivity contribution is 0.0903. The molecule has 0 amide bonds. The number of ether oxygens (including phenoxy) is 1. The molecule has 1 unspecified atom stereocenters. The van der Waals surface area contributed by atoms with Crippen molar-refractivity contribution in [2.24, 2.45) is 7.05 Å². The van der Waals surface area contributed by atoms with E-state index >= 15 is 0 Å². The van der Waals surface area contributed by atoms with Crippen LogP contribution < -0.4 is 10.3 Å². The third kappa shape index (κ3) is 3.30. The van der Waals surface area contributed by atoms with Gasteiger partial charge in [0.25, 0.3) is 5.56 Å². The number of hydrogen-bond acceptors (Lipinski definition) is 5. The lowest BCUT2D eigenvalue weighted by atomic mass is 10.1. The number of hydrogen-bond donors (Lipinski definition) is 1. The summed E-state index contributed by atoms with van der Waals surface area (Å²) in [5.74, 6) is 0.719. The highest BCUT2D eigenvalue weighted by Crippen LogP contribution is 2.16. The molecule has 24 heavy (non-hydrogen) atoms. The number of aromatic nitrogens is 4. The van der Waals surface area contributed by atoms with Crippen LogP contribution in [0.3, 0.4) is 0 Å². The van der Waals surface area contributed by atoms with E-state index in [1.807, 2.05) is 26.0 Å². The van der Waals surface area contributed by atoms with Gasteiger partial charge in [-0.25, -0.2) is 4.68 Å². The van der Waals surface area contributed by atoms with Crippen molar-refractivity contribution >= 4 is 10.9 Å². The van der Waals surface area contributed by atoms with E-state index in [0.29, 0.717) is 10.9 Å². The quantitative estimate of drug-likeness (QED) is 0.761. The third-order valence-electron chi connectivity index (χ3n) is 3.76. The van der Waals surface area contributed by atoms with Gasteiger partial charge in [-0.05, 0) is 37.1 Å². The minimum atomic E-state index is -0.785. The van der Waals surface area contributed by atoms with E-state index in [2.05, 4.69) is 16.3 Å². The first-order valence-corrected chi connectivity index (χ1v) is 7.71. The van der Waals surface area contributed by atoms with Crippen molar-refractivity contribution in [2.45, 2.75) is 26.5 Å². The van der Waals surface area contributed by atoms with Crippen LogP contribution in [0.4, 0.5) is 0 Å². The van der Waals surface area contributed by atoms with E-state index in [0.717, 1.165) is 16.9 Å². The molecule has 126 valence electrons. The number of benzene rings is 1. The monoisotopic (exact) mass is 328 g/mol. The van der Waals surface area contributed by atoms with Crippen LogP contribution in [-0.2, 0) is 13.6 Å². The molecule has 0 fully saturated rings. The summed E-state index contributed by atoms with van der Waals surface area (Å²) >= 11 is 0. The SMILES string of the molecule is Cc1cc(C)cc(OCC(O)Cn2ncc3cnn(C)c(=O)c32)c1. The Labute approximate surface area is 139 Å². The summed E-state index contributed by atoms with van der Waals surface area (Å²) in [5, 5.41) is 19.0. The van der Waals surface area contributed by atoms with Gasteiger partial charge in [0.15, 0.2) is 0 Å². The Kier molecular flexibility index (Phi) is 4.35. The predicted molar refractivity (Wildman–Crippen MR) is 90.2 cm³/mol. The Balaban J connectivity index is 1.72. The molecule has 0 radical (unpaired) electrons. The fourth-order valence-electron chi connectivity index (χ4n) is 2.68. The minimum absolute atomic E-state index is 0.121. The van der Waals surface area contributed by atoms with Gasteiger partial charge < -0.3 is 9.84 Å². The first-order valence-electron chi connectivity index (χ1n) is 7.71. The third-order valence-corrected chi connectivity index (χ3v) is 3.76. The second kappa shape index (κ2) is 6.45. The van der Waals surface area contributed by atoms with Crippen molar-refractivity contribution in [3.8, 4) is 5.75 Å². The van der Waals surface area contributed by atoms with E-state index in [9.17, 15) is 9.90 Å². The second-order valence-corrected chi connectivity index (χ2v) is 5.99. The van der Waals surface area contributed by atoms with Crippen molar-refractivity contribution in [1.29, 1.82) is 0 Å². The van der Waals surface area contributed by atoms with E-state index in [1.54, 1.807) is 19.4 Å². The van der Waals surface area contributed by atoms with Gasteiger partial charge in [0.2, 0.25) is 0 Å². The highest BCUT2D eigenvalue weighted by molar-refractivity contribution is 5.76. The molecule has 1 atom stereocenters. The zero-order valence-corrected chi connectivity index (χ0v) is 13.9. The van der Waals surface area contributed by atoms with Gasteiger partial charge >= 0.3 is 0 Å². The van der Waals surface area contributed by atoms with Gasteiger partial charge in [-0.3, -0.25) is 9.48 Å². The summed E-state index contributed by atoms with van der Waals surface area (Å²) in [4.78, 5) is 12.2. The molecular weight excluding hydrogens is 308 g/mol. The molecule has 0 spiro atoms. The molecule has 1 N–H and O–H groups in total. The van der Waals surface area contributed by atoms with Crippen LogP contribution in [0.5, 0.6) is 5.75 Å². The number of nitrogens with zero attached hydrogens (tertiary/aromatic N) is 4. The molecule has 7 heteroatoms. The van der Waals surface area contributed by atoms with Crippen LogP contribution in [0.2, 0.25) is 0 Å². The zero-order chi connectivity index (χ0) is 17.3. The summed E-state index contributed by atoms with van der Waals surface area (Å²) in [7, 11) is 1.58. The Morgan fingerprint density at radius 2 is 1.83 bits per heavy atom. The summed E-state index contributed by atoms with van der Waals surface area (Å²) in [6.07, 6.45) is 2.37. The summed E-state index contributed by atoms with van der Waals surface area (Å²) < 4.78 is 8.40. The number of aryl methyl sites for hydroxylation is 3. The second-order valence-electron chi connectivity index (χ2n) is 5.99. The van der Waals surface area contributed by atoms with Crippen molar-refractivity contribution in [1.82, 2.24) is 19.6 Å². The maximum atomic E-state index is 12.2. The molecule has 7 nitrogen and oxygen atoms in total.